The summed E-state index contributed by atoms with van der Waals surface area (Å²) in [5.74, 6) is 0.766. The Kier molecular flexibility index (Phi) is 4.40. The zero-order chi connectivity index (χ0) is 14.8. The molecular weight excluding hydrogens is 286 g/mol. The fourth-order valence-electron chi connectivity index (χ4n) is 1.95. The molecule has 2 aromatic heterocycles. The van der Waals surface area contributed by atoms with Crippen LogP contribution < -0.4 is 11.1 Å². The van der Waals surface area contributed by atoms with Crippen molar-refractivity contribution in [2.24, 2.45) is 5.73 Å². The van der Waals surface area contributed by atoms with Crippen LogP contribution in [0.15, 0.2) is 29.6 Å². The van der Waals surface area contributed by atoms with Crippen molar-refractivity contribution in [3.63, 3.8) is 0 Å². The second-order valence-corrected chi connectivity index (χ2v) is 6.82. The van der Waals surface area contributed by atoms with Gasteiger partial charge in [-0.05, 0) is 30.5 Å². The number of hydrogen-bond donors (Lipinski definition) is 2. The van der Waals surface area contributed by atoms with Gasteiger partial charge >= 0.3 is 0 Å². The molecule has 0 aliphatic carbocycles. The van der Waals surface area contributed by atoms with Crippen LogP contribution >= 0.6 is 23.6 Å². The number of aromatic nitrogens is 1. The molecule has 0 saturated carbocycles. The second-order valence-electron chi connectivity index (χ2n) is 5.43. The smallest absolute Gasteiger partial charge is 0.136 e. The lowest BCUT2D eigenvalue weighted by Gasteiger charge is -2.24. The van der Waals surface area contributed by atoms with Crippen molar-refractivity contribution < 1.29 is 0 Å². The number of aryl methyl sites for hydroxylation is 1. The molecule has 20 heavy (non-hydrogen) atoms. The van der Waals surface area contributed by atoms with Crippen molar-refractivity contribution in [1.82, 2.24) is 4.98 Å². The van der Waals surface area contributed by atoms with Crippen LogP contribution in [0.25, 0.3) is 0 Å². The fourth-order valence-corrected chi connectivity index (χ4v) is 2.96. The first kappa shape index (κ1) is 14.9. The first-order chi connectivity index (χ1) is 9.40. The Morgan fingerprint density at radius 3 is 2.75 bits per heavy atom. The standard InChI is InChI=1S/C15H19N3S2/c1-10-6-7-11(13(16)19)14(18-10)17-9-15(2,3)12-5-4-8-20-12/h4-8H,9H2,1-3H3,(H2,16,19)(H,17,18). The number of hydrogen-bond acceptors (Lipinski definition) is 4. The number of nitrogens with two attached hydrogens (primary N) is 1. The summed E-state index contributed by atoms with van der Waals surface area (Å²) in [6, 6.07) is 8.08. The molecular formula is C15H19N3S2. The summed E-state index contributed by atoms with van der Waals surface area (Å²) in [7, 11) is 0. The molecule has 0 aliphatic rings. The summed E-state index contributed by atoms with van der Waals surface area (Å²) in [5, 5.41) is 5.49. The largest absolute Gasteiger partial charge is 0.389 e. The summed E-state index contributed by atoms with van der Waals surface area (Å²) in [6.07, 6.45) is 0. The highest BCUT2D eigenvalue weighted by molar-refractivity contribution is 7.80. The Morgan fingerprint density at radius 1 is 1.40 bits per heavy atom. The topological polar surface area (TPSA) is 50.9 Å². The van der Waals surface area contributed by atoms with E-state index >= 15 is 0 Å². The van der Waals surface area contributed by atoms with Crippen LogP contribution in [0.2, 0.25) is 0 Å². The minimum absolute atomic E-state index is 0.0348. The summed E-state index contributed by atoms with van der Waals surface area (Å²) in [5.41, 5.74) is 7.53. The van der Waals surface area contributed by atoms with Crippen molar-refractivity contribution >= 4 is 34.4 Å². The van der Waals surface area contributed by atoms with Crippen LogP contribution in [0.1, 0.15) is 30.0 Å². The molecule has 0 amide bonds. The fraction of sp³-hybridized carbons (Fsp3) is 0.333. The summed E-state index contributed by atoms with van der Waals surface area (Å²) in [6.45, 7) is 7.16. The Balaban J connectivity index is 2.19. The number of thiocarbonyl (C=S) groups is 1. The highest BCUT2D eigenvalue weighted by Gasteiger charge is 2.22. The van der Waals surface area contributed by atoms with Crippen molar-refractivity contribution in [1.29, 1.82) is 0 Å². The van der Waals surface area contributed by atoms with Crippen molar-refractivity contribution in [3.05, 3.63) is 45.8 Å². The number of pyridine rings is 1. The molecule has 0 saturated heterocycles. The monoisotopic (exact) mass is 305 g/mol. The predicted octanol–water partition coefficient (Wildman–Crippen LogP) is 3.48. The number of anilines is 1. The Hall–Kier alpha value is -1.46. The van der Waals surface area contributed by atoms with E-state index in [4.69, 9.17) is 18.0 Å². The summed E-state index contributed by atoms with van der Waals surface area (Å²) in [4.78, 5) is 6.22. The molecule has 3 N–H and O–H groups in total. The quantitative estimate of drug-likeness (QED) is 0.831. The van der Waals surface area contributed by atoms with Gasteiger partial charge in [-0.25, -0.2) is 4.98 Å². The van der Waals surface area contributed by atoms with Crippen molar-refractivity contribution in [3.8, 4) is 0 Å². The number of thiophene rings is 1. The molecule has 2 rings (SSSR count). The van der Waals surface area contributed by atoms with Gasteiger partial charge in [0.25, 0.3) is 0 Å². The molecule has 0 aliphatic heterocycles. The van der Waals surface area contributed by atoms with Gasteiger partial charge in [-0.15, -0.1) is 11.3 Å². The van der Waals surface area contributed by atoms with E-state index < -0.39 is 0 Å². The average Bonchev–Trinajstić information content (AvgIpc) is 2.90. The van der Waals surface area contributed by atoms with Crippen LogP contribution in [0, 0.1) is 6.92 Å². The molecule has 0 fully saturated rings. The van der Waals surface area contributed by atoms with Gasteiger partial charge in [-0.2, -0.15) is 0 Å². The Labute approximate surface area is 129 Å². The second kappa shape index (κ2) is 5.89. The summed E-state index contributed by atoms with van der Waals surface area (Å²) < 4.78 is 0. The first-order valence-electron chi connectivity index (χ1n) is 6.45. The van der Waals surface area contributed by atoms with E-state index in [0.29, 0.717) is 4.99 Å². The SMILES string of the molecule is Cc1ccc(C(N)=S)c(NCC(C)(C)c2cccs2)n1. The van der Waals surface area contributed by atoms with Crippen LogP contribution in [-0.2, 0) is 5.41 Å². The van der Waals surface area contributed by atoms with Crippen molar-refractivity contribution in [2.75, 3.05) is 11.9 Å². The van der Waals surface area contributed by atoms with Gasteiger partial charge in [0.1, 0.15) is 10.8 Å². The van der Waals surface area contributed by atoms with Gasteiger partial charge < -0.3 is 11.1 Å². The molecule has 5 heteroatoms. The van der Waals surface area contributed by atoms with Gasteiger partial charge in [-0.3, -0.25) is 0 Å². The van der Waals surface area contributed by atoms with Crippen LogP contribution in [0.3, 0.4) is 0 Å². The van der Waals surface area contributed by atoms with Crippen LogP contribution in [0.4, 0.5) is 5.82 Å². The van der Waals surface area contributed by atoms with Crippen LogP contribution in [0.5, 0.6) is 0 Å². The molecule has 2 aromatic rings. The van der Waals surface area contributed by atoms with Gasteiger partial charge in [0.15, 0.2) is 0 Å². The Morgan fingerprint density at radius 2 is 2.15 bits per heavy atom. The molecule has 0 unspecified atom stereocenters. The highest BCUT2D eigenvalue weighted by atomic mass is 32.1. The Bertz CT molecular complexity index is 604. The zero-order valence-corrected chi connectivity index (χ0v) is 13.6. The van der Waals surface area contributed by atoms with E-state index in [0.717, 1.165) is 23.6 Å². The molecule has 0 spiro atoms. The maximum atomic E-state index is 5.75. The summed E-state index contributed by atoms with van der Waals surface area (Å²) >= 11 is 6.85. The highest BCUT2D eigenvalue weighted by Crippen LogP contribution is 2.28. The van der Waals surface area contributed by atoms with E-state index in [1.54, 1.807) is 11.3 Å². The van der Waals surface area contributed by atoms with E-state index in [1.807, 2.05) is 19.1 Å². The van der Waals surface area contributed by atoms with E-state index in [9.17, 15) is 0 Å². The minimum atomic E-state index is 0.0348. The zero-order valence-electron chi connectivity index (χ0n) is 11.9. The number of nitrogens with one attached hydrogen (secondary N) is 1. The number of rotatable bonds is 5. The maximum absolute atomic E-state index is 5.75. The third-order valence-corrected chi connectivity index (χ3v) is 4.64. The lowest BCUT2D eigenvalue weighted by Crippen LogP contribution is -2.28. The van der Waals surface area contributed by atoms with E-state index in [-0.39, 0.29) is 5.41 Å². The molecule has 106 valence electrons. The average molecular weight is 305 g/mol. The third-order valence-electron chi connectivity index (χ3n) is 3.19. The van der Waals surface area contributed by atoms with Gasteiger partial charge in [0.05, 0.1) is 5.56 Å². The molecule has 0 atom stereocenters. The lowest BCUT2D eigenvalue weighted by atomic mass is 9.91. The molecule has 0 radical (unpaired) electrons. The molecule has 3 nitrogen and oxygen atoms in total. The molecule has 0 bridgehead atoms. The third kappa shape index (κ3) is 3.35. The van der Waals surface area contributed by atoms with E-state index in [1.165, 1.54) is 4.88 Å². The van der Waals surface area contributed by atoms with Crippen LogP contribution in [-0.4, -0.2) is 16.5 Å². The first-order valence-corrected chi connectivity index (χ1v) is 7.74. The minimum Gasteiger partial charge on any atom is -0.389 e. The van der Waals surface area contributed by atoms with Crippen molar-refractivity contribution in [2.45, 2.75) is 26.2 Å². The van der Waals surface area contributed by atoms with E-state index in [2.05, 4.69) is 41.7 Å². The molecule has 2 heterocycles. The van der Waals surface area contributed by atoms with Gasteiger partial charge in [-0.1, -0.05) is 32.1 Å². The van der Waals surface area contributed by atoms with Gasteiger partial charge in [0.2, 0.25) is 0 Å². The predicted molar refractivity (Wildman–Crippen MR) is 90.7 cm³/mol. The molecule has 0 aromatic carbocycles. The maximum Gasteiger partial charge on any atom is 0.136 e. The number of nitrogens with zero attached hydrogens (tertiary/aromatic N) is 1. The van der Waals surface area contributed by atoms with Gasteiger partial charge in [0, 0.05) is 22.5 Å². The normalized spacial score (nSPS) is 11.3. The lowest BCUT2D eigenvalue weighted by molar-refractivity contribution is 0.568.